The minimum Gasteiger partial charge on any atom is -0.258 e. The largest absolute Gasteiger partial charge is 0.287 e. The van der Waals surface area contributed by atoms with Crippen LogP contribution < -0.4 is 0 Å². The molecule has 0 heterocycles. The summed E-state index contributed by atoms with van der Waals surface area (Å²) in [5, 5.41) is 19.3. The molecule has 0 aliphatic carbocycles. The van der Waals surface area contributed by atoms with Gasteiger partial charge in [-0.1, -0.05) is 6.07 Å². The van der Waals surface area contributed by atoms with Crippen molar-refractivity contribution < 1.29 is 4.92 Å². The Morgan fingerprint density at radius 1 is 1.64 bits per heavy atom. The molecule has 0 aliphatic rings. The lowest BCUT2D eigenvalue weighted by atomic mass is 10.0. The van der Waals surface area contributed by atoms with Gasteiger partial charge in [-0.3, -0.25) is 10.1 Å². The Balaban J connectivity index is 3.43. The van der Waals surface area contributed by atoms with Crippen molar-refractivity contribution in [3.63, 3.8) is 0 Å². The number of nitro benzene ring substituents is 1. The van der Waals surface area contributed by atoms with Gasteiger partial charge in [0.15, 0.2) is 0 Å². The van der Waals surface area contributed by atoms with Crippen molar-refractivity contribution in [2.24, 2.45) is 0 Å². The monoisotopic (exact) mass is 302 g/mol. The van der Waals surface area contributed by atoms with E-state index >= 15 is 0 Å². The van der Waals surface area contributed by atoms with Gasteiger partial charge >= 0.3 is 0 Å². The van der Waals surface area contributed by atoms with Crippen LogP contribution in [0.4, 0.5) is 5.69 Å². The number of rotatable bonds is 2. The number of nitro groups is 1. The summed E-state index contributed by atoms with van der Waals surface area (Å²) >= 11 is 1.91. The summed E-state index contributed by atoms with van der Waals surface area (Å²) in [5.41, 5.74) is 1.37. The van der Waals surface area contributed by atoms with E-state index in [0.29, 0.717) is 9.13 Å². The molecule has 1 aromatic rings. The van der Waals surface area contributed by atoms with Gasteiger partial charge in [0.05, 0.1) is 21.0 Å². The molecule has 0 bridgehead atoms. The molecule has 0 aliphatic heterocycles. The van der Waals surface area contributed by atoms with E-state index in [1.807, 2.05) is 28.7 Å². The van der Waals surface area contributed by atoms with Crippen LogP contribution in [-0.2, 0) is 6.42 Å². The molecular formula is C9H7IN2O2. The molecule has 0 N–H and O–H groups in total. The van der Waals surface area contributed by atoms with E-state index < -0.39 is 4.92 Å². The Kier molecular flexibility index (Phi) is 3.41. The van der Waals surface area contributed by atoms with Gasteiger partial charge in [0, 0.05) is 5.56 Å². The van der Waals surface area contributed by atoms with Gasteiger partial charge in [-0.25, -0.2) is 0 Å². The maximum Gasteiger partial charge on any atom is 0.287 e. The lowest BCUT2D eigenvalue weighted by molar-refractivity contribution is -0.386. The second kappa shape index (κ2) is 4.37. The first-order chi connectivity index (χ1) is 6.57. The van der Waals surface area contributed by atoms with E-state index in [1.54, 1.807) is 19.1 Å². The van der Waals surface area contributed by atoms with Crippen LogP contribution >= 0.6 is 22.6 Å². The first kappa shape index (κ1) is 10.9. The number of hydrogen-bond acceptors (Lipinski definition) is 3. The zero-order chi connectivity index (χ0) is 10.7. The molecule has 1 aromatic carbocycles. The van der Waals surface area contributed by atoms with E-state index in [0.717, 1.165) is 5.56 Å². The fourth-order valence-electron chi connectivity index (χ4n) is 1.21. The van der Waals surface area contributed by atoms with E-state index in [2.05, 4.69) is 0 Å². The van der Waals surface area contributed by atoms with Gasteiger partial charge in [0.2, 0.25) is 0 Å². The maximum absolute atomic E-state index is 10.8. The smallest absolute Gasteiger partial charge is 0.258 e. The Hall–Kier alpha value is -1.16. The molecule has 0 aromatic heterocycles. The second-order valence-corrected chi connectivity index (χ2v) is 3.95. The van der Waals surface area contributed by atoms with Crippen LogP contribution in [0.25, 0.3) is 0 Å². The first-order valence-electron chi connectivity index (χ1n) is 3.87. The average Bonchev–Trinajstić information content (AvgIpc) is 2.11. The SMILES string of the molecule is Cc1ccc(I)c([N+](=O)[O-])c1CC#N. The third-order valence-corrected chi connectivity index (χ3v) is 2.78. The number of aryl methyl sites for hydroxylation is 1. The third-order valence-electron chi connectivity index (χ3n) is 1.91. The zero-order valence-corrected chi connectivity index (χ0v) is 9.61. The topological polar surface area (TPSA) is 66.9 Å². The van der Waals surface area contributed by atoms with Crippen LogP contribution in [0.2, 0.25) is 0 Å². The Morgan fingerprint density at radius 2 is 2.29 bits per heavy atom. The standard InChI is InChI=1S/C9H7IN2O2/c1-6-2-3-8(10)9(12(13)14)7(6)4-5-11/h2-3H,4H2,1H3. The molecule has 5 heteroatoms. The van der Waals surface area contributed by atoms with Crippen molar-refractivity contribution in [3.05, 3.63) is 36.9 Å². The van der Waals surface area contributed by atoms with Crippen LogP contribution in [-0.4, -0.2) is 4.92 Å². The summed E-state index contributed by atoms with van der Waals surface area (Å²) in [5.74, 6) is 0. The number of nitriles is 1. The molecule has 0 radical (unpaired) electrons. The quantitative estimate of drug-likeness (QED) is 0.479. The Bertz CT molecular complexity index is 424. The molecule has 4 nitrogen and oxygen atoms in total. The molecule has 0 spiro atoms. The molecule has 0 fully saturated rings. The van der Waals surface area contributed by atoms with Gasteiger partial charge < -0.3 is 0 Å². The highest BCUT2D eigenvalue weighted by molar-refractivity contribution is 14.1. The third kappa shape index (κ3) is 2.01. The van der Waals surface area contributed by atoms with Crippen LogP contribution in [0.3, 0.4) is 0 Å². The first-order valence-corrected chi connectivity index (χ1v) is 4.95. The zero-order valence-electron chi connectivity index (χ0n) is 7.45. The van der Waals surface area contributed by atoms with Gasteiger partial charge in [-0.15, -0.1) is 0 Å². The Labute approximate surface area is 94.8 Å². The molecule has 72 valence electrons. The lowest BCUT2D eigenvalue weighted by Crippen LogP contribution is -2.00. The minimum absolute atomic E-state index is 0.0622. The highest BCUT2D eigenvalue weighted by atomic mass is 127. The predicted octanol–water partition coefficient (Wildman–Crippen LogP) is 2.57. The molecular weight excluding hydrogens is 295 g/mol. The van der Waals surface area contributed by atoms with E-state index in [1.165, 1.54) is 0 Å². The molecule has 0 saturated carbocycles. The molecule has 0 unspecified atom stereocenters. The maximum atomic E-state index is 10.8. The van der Waals surface area contributed by atoms with Crippen LogP contribution in [0.5, 0.6) is 0 Å². The highest BCUT2D eigenvalue weighted by Crippen LogP contribution is 2.28. The molecule has 0 amide bonds. The number of nitrogens with zero attached hydrogens (tertiary/aromatic N) is 2. The molecule has 1 rings (SSSR count). The summed E-state index contributed by atoms with van der Waals surface area (Å²) in [6, 6.07) is 5.42. The van der Waals surface area contributed by atoms with Gasteiger partial charge in [0.25, 0.3) is 5.69 Å². The van der Waals surface area contributed by atoms with Gasteiger partial charge in [0.1, 0.15) is 0 Å². The fourth-order valence-corrected chi connectivity index (χ4v) is 1.91. The van der Waals surface area contributed by atoms with E-state index in [-0.39, 0.29) is 12.1 Å². The number of benzene rings is 1. The predicted molar refractivity (Wildman–Crippen MR) is 59.9 cm³/mol. The van der Waals surface area contributed by atoms with Gasteiger partial charge in [-0.05, 0) is 41.1 Å². The lowest BCUT2D eigenvalue weighted by Gasteiger charge is -2.04. The van der Waals surface area contributed by atoms with Crippen molar-refractivity contribution in [1.29, 1.82) is 5.26 Å². The van der Waals surface area contributed by atoms with Crippen molar-refractivity contribution in [2.75, 3.05) is 0 Å². The normalized spacial score (nSPS) is 9.50. The fraction of sp³-hybridized carbons (Fsp3) is 0.222. The summed E-state index contributed by atoms with van der Waals surface area (Å²) < 4.78 is 0.573. The van der Waals surface area contributed by atoms with Crippen molar-refractivity contribution in [3.8, 4) is 6.07 Å². The van der Waals surface area contributed by atoms with Crippen LogP contribution in [0, 0.1) is 31.9 Å². The van der Waals surface area contributed by atoms with Crippen molar-refractivity contribution >= 4 is 28.3 Å². The molecule has 0 saturated heterocycles. The van der Waals surface area contributed by atoms with Crippen LogP contribution in [0.1, 0.15) is 11.1 Å². The number of hydrogen-bond donors (Lipinski definition) is 0. The molecule has 14 heavy (non-hydrogen) atoms. The van der Waals surface area contributed by atoms with Gasteiger partial charge in [-0.2, -0.15) is 5.26 Å². The highest BCUT2D eigenvalue weighted by Gasteiger charge is 2.19. The number of halogens is 1. The molecule has 0 atom stereocenters. The van der Waals surface area contributed by atoms with Crippen LogP contribution in [0.15, 0.2) is 12.1 Å². The van der Waals surface area contributed by atoms with Crippen molar-refractivity contribution in [2.45, 2.75) is 13.3 Å². The average molecular weight is 302 g/mol. The van der Waals surface area contributed by atoms with Crippen molar-refractivity contribution in [1.82, 2.24) is 0 Å². The van der Waals surface area contributed by atoms with E-state index in [4.69, 9.17) is 5.26 Å². The van der Waals surface area contributed by atoms with E-state index in [9.17, 15) is 10.1 Å². The second-order valence-electron chi connectivity index (χ2n) is 2.78. The Morgan fingerprint density at radius 3 is 2.79 bits per heavy atom. The summed E-state index contributed by atoms with van der Waals surface area (Å²) in [6.07, 6.45) is 0.0823. The summed E-state index contributed by atoms with van der Waals surface area (Å²) in [7, 11) is 0. The minimum atomic E-state index is -0.429. The summed E-state index contributed by atoms with van der Waals surface area (Å²) in [4.78, 5) is 10.3. The summed E-state index contributed by atoms with van der Waals surface area (Å²) in [6.45, 7) is 1.77.